The molecule has 1 aromatic heterocycles. The van der Waals surface area contributed by atoms with E-state index in [1.807, 2.05) is 10.8 Å². The summed E-state index contributed by atoms with van der Waals surface area (Å²) in [5, 5.41) is 9.41. The fourth-order valence-electron chi connectivity index (χ4n) is 3.22. The van der Waals surface area contributed by atoms with Crippen molar-refractivity contribution in [3.05, 3.63) is 110 Å². The van der Waals surface area contributed by atoms with Gasteiger partial charge in [-0.15, -0.1) is 0 Å². The van der Waals surface area contributed by atoms with E-state index in [1.54, 1.807) is 31.2 Å². The van der Waals surface area contributed by atoms with Crippen LogP contribution in [0.2, 0.25) is 5.02 Å². The molecule has 0 aliphatic carbocycles. The van der Waals surface area contributed by atoms with Crippen molar-refractivity contribution in [1.82, 2.24) is 0 Å². The van der Waals surface area contributed by atoms with E-state index in [2.05, 4.69) is 10.6 Å². The van der Waals surface area contributed by atoms with Crippen LogP contribution in [-0.2, 0) is 0 Å². The van der Waals surface area contributed by atoms with E-state index in [4.69, 9.17) is 11.6 Å². The highest BCUT2D eigenvalue weighted by atomic mass is 35.5. The van der Waals surface area contributed by atoms with E-state index >= 15 is 0 Å². The van der Waals surface area contributed by atoms with Gasteiger partial charge in [0.25, 0.3) is 5.91 Å². The summed E-state index contributed by atoms with van der Waals surface area (Å²) in [5.74, 6) is -2.10. The molecule has 0 aliphatic heterocycles. The molecular formula is C25H17ClF2N2O2S. The number of halogens is 3. The molecule has 0 radical (unpaired) electrons. The summed E-state index contributed by atoms with van der Waals surface area (Å²) in [4.78, 5) is 25.8. The zero-order valence-corrected chi connectivity index (χ0v) is 18.9. The van der Waals surface area contributed by atoms with E-state index in [0.29, 0.717) is 28.1 Å². The van der Waals surface area contributed by atoms with Gasteiger partial charge in [0, 0.05) is 33.8 Å². The van der Waals surface area contributed by atoms with Crippen LogP contribution in [0.15, 0.2) is 71.4 Å². The summed E-state index contributed by atoms with van der Waals surface area (Å²) in [6.45, 7) is 1.77. The number of ketones is 1. The molecule has 1 amide bonds. The fraction of sp³-hybridized carbons (Fsp3) is 0.0400. The first kappa shape index (κ1) is 22.6. The van der Waals surface area contributed by atoms with Crippen LogP contribution in [0.25, 0.3) is 0 Å². The molecule has 0 aliphatic rings. The first-order valence-electron chi connectivity index (χ1n) is 9.82. The fourth-order valence-corrected chi connectivity index (χ4v) is 4.07. The predicted octanol–water partition coefficient (Wildman–Crippen LogP) is 7.22. The van der Waals surface area contributed by atoms with Gasteiger partial charge in [0.1, 0.15) is 11.6 Å². The largest absolute Gasteiger partial charge is 0.353 e. The molecule has 1 heterocycles. The third-order valence-corrected chi connectivity index (χ3v) is 5.94. The minimum Gasteiger partial charge on any atom is -0.353 e. The van der Waals surface area contributed by atoms with Gasteiger partial charge in [-0.2, -0.15) is 11.3 Å². The van der Waals surface area contributed by atoms with Gasteiger partial charge in [-0.25, -0.2) is 8.78 Å². The maximum atomic E-state index is 13.9. The molecule has 4 rings (SSSR count). The Kier molecular flexibility index (Phi) is 6.53. The van der Waals surface area contributed by atoms with Crippen LogP contribution in [0, 0.1) is 18.6 Å². The topological polar surface area (TPSA) is 58.2 Å². The normalized spacial score (nSPS) is 10.7. The van der Waals surface area contributed by atoms with Crippen molar-refractivity contribution < 1.29 is 18.4 Å². The molecule has 0 saturated heterocycles. The lowest BCUT2D eigenvalue weighted by Gasteiger charge is -2.12. The molecular weight excluding hydrogens is 466 g/mol. The van der Waals surface area contributed by atoms with E-state index < -0.39 is 11.6 Å². The van der Waals surface area contributed by atoms with E-state index in [9.17, 15) is 18.4 Å². The molecule has 0 spiro atoms. The molecule has 2 N–H and O–H groups in total. The number of thiophene rings is 1. The van der Waals surface area contributed by atoms with Crippen molar-refractivity contribution in [3.8, 4) is 0 Å². The van der Waals surface area contributed by atoms with Crippen LogP contribution < -0.4 is 10.6 Å². The summed E-state index contributed by atoms with van der Waals surface area (Å²) in [6, 6.07) is 14.4. The molecule has 0 unspecified atom stereocenters. The number of carbonyl (C=O) groups excluding carboxylic acids is 2. The van der Waals surface area contributed by atoms with Crippen molar-refractivity contribution in [2.45, 2.75) is 6.92 Å². The Morgan fingerprint density at radius 1 is 0.909 bits per heavy atom. The van der Waals surface area contributed by atoms with Gasteiger partial charge in [0.15, 0.2) is 5.78 Å². The number of amides is 1. The maximum absolute atomic E-state index is 13.9. The van der Waals surface area contributed by atoms with Gasteiger partial charge < -0.3 is 10.6 Å². The lowest BCUT2D eigenvalue weighted by molar-refractivity contribution is 0.102. The van der Waals surface area contributed by atoms with Crippen LogP contribution in [-0.4, -0.2) is 11.7 Å². The zero-order valence-electron chi connectivity index (χ0n) is 17.3. The van der Waals surface area contributed by atoms with Gasteiger partial charge in [0.05, 0.1) is 16.4 Å². The smallest absolute Gasteiger partial charge is 0.255 e. The number of aryl methyl sites for hydroxylation is 1. The van der Waals surface area contributed by atoms with Crippen LogP contribution in [0.5, 0.6) is 0 Å². The van der Waals surface area contributed by atoms with Crippen molar-refractivity contribution >= 4 is 51.7 Å². The zero-order chi connectivity index (χ0) is 23.5. The summed E-state index contributed by atoms with van der Waals surface area (Å²) in [6.07, 6.45) is 0. The van der Waals surface area contributed by atoms with Crippen molar-refractivity contribution in [2.24, 2.45) is 0 Å². The second kappa shape index (κ2) is 9.52. The van der Waals surface area contributed by atoms with Gasteiger partial charge in [0.2, 0.25) is 0 Å². The second-order valence-electron chi connectivity index (χ2n) is 7.27. The SMILES string of the molecule is Cc1ccc(C(=O)Nc2ccsc2)cc1C(=O)c1ccc(Nc2ccc(F)cc2F)cc1Cl. The number of carbonyl (C=O) groups is 2. The van der Waals surface area contributed by atoms with Crippen molar-refractivity contribution in [3.63, 3.8) is 0 Å². The molecule has 0 saturated carbocycles. The Hall–Kier alpha value is -3.55. The predicted molar refractivity (Wildman–Crippen MR) is 128 cm³/mol. The monoisotopic (exact) mass is 482 g/mol. The number of benzene rings is 3. The summed E-state index contributed by atoms with van der Waals surface area (Å²) in [5.41, 5.74) is 2.81. The van der Waals surface area contributed by atoms with Crippen LogP contribution in [0.1, 0.15) is 31.8 Å². The Morgan fingerprint density at radius 3 is 2.42 bits per heavy atom. The Morgan fingerprint density at radius 2 is 1.73 bits per heavy atom. The summed E-state index contributed by atoms with van der Waals surface area (Å²) >= 11 is 7.83. The van der Waals surface area contributed by atoms with Gasteiger partial charge in [-0.05, 0) is 66.4 Å². The van der Waals surface area contributed by atoms with Gasteiger partial charge in [-0.1, -0.05) is 17.7 Å². The number of rotatable bonds is 6. The van der Waals surface area contributed by atoms with E-state index in [1.165, 1.54) is 35.6 Å². The molecule has 166 valence electrons. The van der Waals surface area contributed by atoms with Gasteiger partial charge >= 0.3 is 0 Å². The number of anilines is 3. The molecule has 0 fully saturated rings. The molecule has 0 atom stereocenters. The lowest BCUT2D eigenvalue weighted by atomic mass is 9.96. The molecule has 4 aromatic rings. The van der Waals surface area contributed by atoms with Crippen LogP contribution in [0.4, 0.5) is 25.8 Å². The van der Waals surface area contributed by atoms with Gasteiger partial charge in [-0.3, -0.25) is 9.59 Å². The minimum atomic E-state index is -0.751. The average molecular weight is 483 g/mol. The molecule has 3 aromatic carbocycles. The first-order chi connectivity index (χ1) is 15.8. The number of hydrogen-bond acceptors (Lipinski definition) is 4. The molecule has 4 nitrogen and oxygen atoms in total. The van der Waals surface area contributed by atoms with Crippen molar-refractivity contribution in [2.75, 3.05) is 10.6 Å². The quantitative estimate of drug-likeness (QED) is 0.285. The highest BCUT2D eigenvalue weighted by molar-refractivity contribution is 7.08. The summed E-state index contributed by atoms with van der Waals surface area (Å²) in [7, 11) is 0. The standard InChI is InChI=1S/C25H17ClF2N2O2S/c1-14-2-3-15(25(32)30-18-8-9-33-13-18)10-20(14)24(31)19-6-5-17(12-21(19)26)29-23-7-4-16(27)11-22(23)28/h2-13,29H,1H3,(H,30,32). The number of hydrogen-bond donors (Lipinski definition) is 2. The highest BCUT2D eigenvalue weighted by Gasteiger charge is 2.18. The molecule has 33 heavy (non-hydrogen) atoms. The average Bonchev–Trinajstić information content (AvgIpc) is 3.29. The van der Waals surface area contributed by atoms with E-state index in [0.717, 1.165) is 12.1 Å². The molecule has 0 bridgehead atoms. The Balaban J connectivity index is 1.58. The number of nitrogens with one attached hydrogen (secondary N) is 2. The maximum Gasteiger partial charge on any atom is 0.255 e. The Bertz CT molecular complexity index is 1360. The first-order valence-corrected chi connectivity index (χ1v) is 11.1. The second-order valence-corrected chi connectivity index (χ2v) is 8.46. The Labute approximate surface area is 197 Å². The molecule has 8 heteroatoms. The van der Waals surface area contributed by atoms with E-state index in [-0.39, 0.29) is 28.0 Å². The third kappa shape index (κ3) is 5.10. The third-order valence-electron chi connectivity index (χ3n) is 4.95. The minimum absolute atomic E-state index is 0.0757. The summed E-state index contributed by atoms with van der Waals surface area (Å²) < 4.78 is 27.0. The lowest BCUT2D eigenvalue weighted by Crippen LogP contribution is -2.13. The van der Waals surface area contributed by atoms with Crippen LogP contribution in [0.3, 0.4) is 0 Å². The van der Waals surface area contributed by atoms with Crippen LogP contribution >= 0.6 is 22.9 Å². The van der Waals surface area contributed by atoms with Crippen molar-refractivity contribution in [1.29, 1.82) is 0 Å². The highest BCUT2D eigenvalue weighted by Crippen LogP contribution is 2.28.